The van der Waals surface area contributed by atoms with Gasteiger partial charge in [-0.15, -0.1) is 0 Å². The molecular weight excluding hydrogens is 274 g/mol. The highest BCUT2D eigenvalue weighted by Gasteiger charge is 2.31. The Morgan fingerprint density at radius 1 is 0.905 bits per heavy atom. The van der Waals surface area contributed by atoms with Crippen LogP contribution in [0.5, 0.6) is 0 Å². The zero-order valence-corrected chi connectivity index (χ0v) is 15.7. The summed E-state index contributed by atoms with van der Waals surface area (Å²) in [6, 6.07) is 0.772. The van der Waals surface area contributed by atoms with Crippen molar-refractivity contribution in [3.63, 3.8) is 0 Å². The molecule has 1 nitrogen and oxygen atoms in total. The third-order valence-corrected chi connectivity index (χ3v) is 6.64. The molecule has 1 aliphatic rings. The Balaban J connectivity index is 2.37. The van der Waals surface area contributed by atoms with Gasteiger partial charge >= 0.3 is 0 Å². The first-order valence-corrected chi connectivity index (χ1v) is 10.8. The van der Waals surface area contributed by atoms with E-state index in [0.717, 1.165) is 6.04 Å². The summed E-state index contributed by atoms with van der Waals surface area (Å²) in [5.74, 6) is 0. The van der Waals surface area contributed by atoms with Crippen LogP contribution in [0.1, 0.15) is 97.3 Å². The minimum Gasteiger partial charge on any atom is -0.313 e. The van der Waals surface area contributed by atoms with Gasteiger partial charge in [0.1, 0.15) is 0 Å². The largest absolute Gasteiger partial charge is 0.313 e. The second-order valence-electron chi connectivity index (χ2n) is 7.02. The molecule has 0 bridgehead atoms. The van der Waals surface area contributed by atoms with Crippen molar-refractivity contribution in [2.45, 2.75) is 108 Å². The molecule has 0 saturated heterocycles. The second-order valence-corrected chi connectivity index (χ2v) is 8.29. The molecule has 126 valence electrons. The second kappa shape index (κ2) is 11.8. The molecule has 0 aromatic rings. The van der Waals surface area contributed by atoms with E-state index in [2.05, 4.69) is 37.2 Å². The van der Waals surface area contributed by atoms with E-state index in [1.165, 1.54) is 90.0 Å². The summed E-state index contributed by atoms with van der Waals surface area (Å²) in [6.07, 6.45) is 20.6. The van der Waals surface area contributed by atoms with Crippen molar-refractivity contribution in [3.05, 3.63) is 0 Å². The van der Waals surface area contributed by atoms with E-state index in [1.54, 1.807) is 0 Å². The number of thioether (sulfide) groups is 1. The molecule has 1 fully saturated rings. The van der Waals surface area contributed by atoms with Crippen LogP contribution in [0.15, 0.2) is 0 Å². The highest BCUT2D eigenvalue weighted by atomic mass is 32.2. The van der Waals surface area contributed by atoms with Crippen molar-refractivity contribution in [3.8, 4) is 0 Å². The highest BCUT2D eigenvalue weighted by molar-refractivity contribution is 8.00. The van der Waals surface area contributed by atoms with E-state index in [0.29, 0.717) is 4.75 Å². The lowest BCUT2D eigenvalue weighted by atomic mass is 9.87. The molecule has 21 heavy (non-hydrogen) atoms. The average Bonchev–Trinajstić information content (AvgIpc) is 2.53. The molecule has 1 saturated carbocycles. The van der Waals surface area contributed by atoms with Gasteiger partial charge in [-0.3, -0.25) is 0 Å². The van der Waals surface area contributed by atoms with Crippen molar-refractivity contribution < 1.29 is 0 Å². The van der Waals surface area contributed by atoms with E-state index in [9.17, 15) is 0 Å². The van der Waals surface area contributed by atoms with Crippen LogP contribution < -0.4 is 5.32 Å². The summed E-state index contributed by atoms with van der Waals surface area (Å²) >= 11 is 2.13. The SMILES string of the molecule is CCCCCC(CCCCC)NCC1(SC)CCCCC1. The van der Waals surface area contributed by atoms with Crippen LogP contribution in [0.4, 0.5) is 0 Å². The quantitative estimate of drug-likeness (QED) is 0.432. The van der Waals surface area contributed by atoms with Crippen LogP contribution >= 0.6 is 11.8 Å². The Bertz CT molecular complexity index is 226. The van der Waals surface area contributed by atoms with E-state index in [-0.39, 0.29) is 0 Å². The predicted octanol–water partition coefficient (Wildman–Crippen LogP) is 6.17. The van der Waals surface area contributed by atoms with Crippen molar-refractivity contribution in [1.82, 2.24) is 5.32 Å². The molecule has 0 radical (unpaired) electrons. The van der Waals surface area contributed by atoms with Crippen LogP contribution in [0.25, 0.3) is 0 Å². The Morgan fingerprint density at radius 3 is 1.95 bits per heavy atom. The number of rotatable bonds is 12. The Morgan fingerprint density at radius 2 is 1.48 bits per heavy atom. The van der Waals surface area contributed by atoms with Gasteiger partial charge in [-0.25, -0.2) is 0 Å². The zero-order valence-electron chi connectivity index (χ0n) is 14.9. The van der Waals surface area contributed by atoms with Crippen LogP contribution in [-0.4, -0.2) is 23.6 Å². The lowest BCUT2D eigenvalue weighted by Crippen LogP contribution is -2.43. The number of hydrogen-bond acceptors (Lipinski definition) is 2. The monoisotopic (exact) mass is 313 g/mol. The summed E-state index contributed by atoms with van der Waals surface area (Å²) in [7, 11) is 0. The van der Waals surface area contributed by atoms with Gasteiger partial charge in [0.05, 0.1) is 0 Å². The normalized spacial score (nSPS) is 18.3. The minimum atomic E-state index is 0.548. The molecule has 0 atom stereocenters. The van der Waals surface area contributed by atoms with Gasteiger partial charge in [0, 0.05) is 17.3 Å². The van der Waals surface area contributed by atoms with Crippen LogP contribution in [-0.2, 0) is 0 Å². The van der Waals surface area contributed by atoms with Gasteiger partial charge in [-0.1, -0.05) is 71.6 Å². The van der Waals surface area contributed by atoms with Gasteiger partial charge in [-0.2, -0.15) is 11.8 Å². The molecular formula is C19H39NS. The maximum absolute atomic E-state index is 3.98. The fourth-order valence-electron chi connectivity index (χ4n) is 3.61. The molecule has 1 rings (SSSR count). The highest BCUT2D eigenvalue weighted by Crippen LogP contribution is 2.38. The summed E-state index contributed by atoms with van der Waals surface area (Å²) in [6.45, 7) is 5.87. The van der Waals surface area contributed by atoms with Crippen molar-refractivity contribution >= 4 is 11.8 Å². The standard InChI is InChI=1S/C19H39NS/c1-4-6-9-13-18(14-10-7-5-2)20-17-19(21-3)15-11-8-12-16-19/h18,20H,4-17H2,1-3H3. The van der Waals surface area contributed by atoms with E-state index in [4.69, 9.17) is 0 Å². The van der Waals surface area contributed by atoms with Crippen molar-refractivity contribution in [1.29, 1.82) is 0 Å². The molecule has 1 N–H and O–H groups in total. The van der Waals surface area contributed by atoms with Gasteiger partial charge in [0.15, 0.2) is 0 Å². The summed E-state index contributed by atoms with van der Waals surface area (Å²) in [5.41, 5.74) is 0. The fourth-order valence-corrected chi connectivity index (χ4v) is 4.53. The van der Waals surface area contributed by atoms with Gasteiger partial charge in [0.25, 0.3) is 0 Å². The third kappa shape index (κ3) is 7.93. The molecule has 0 spiro atoms. The fraction of sp³-hybridized carbons (Fsp3) is 1.00. The minimum absolute atomic E-state index is 0.548. The summed E-state index contributed by atoms with van der Waals surface area (Å²) < 4.78 is 0.548. The number of unbranched alkanes of at least 4 members (excludes halogenated alkanes) is 4. The van der Waals surface area contributed by atoms with E-state index >= 15 is 0 Å². The smallest absolute Gasteiger partial charge is 0.0281 e. The van der Waals surface area contributed by atoms with Crippen LogP contribution in [0.2, 0.25) is 0 Å². The summed E-state index contributed by atoms with van der Waals surface area (Å²) in [4.78, 5) is 0. The van der Waals surface area contributed by atoms with Gasteiger partial charge < -0.3 is 5.32 Å². The molecule has 0 unspecified atom stereocenters. The lowest BCUT2D eigenvalue weighted by molar-refractivity contribution is 0.341. The lowest BCUT2D eigenvalue weighted by Gasteiger charge is -2.37. The number of nitrogens with one attached hydrogen (secondary N) is 1. The summed E-state index contributed by atoms with van der Waals surface area (Å²) in [5, 5.41) is 3.98. The Hall–Kier alpha value is 0.310. The maximum atomic E-state index is 3.98. The van der Waals surface area contributed by atoms with Gasteiger partial charge in [0.2, 0.25) is 0 Å². The topological polar surface area (TPSA) is 12.0 Å². The Labute approximate surface area is 138 Å². The van der Waals surface area contributed by atoms with Gasteiger partial charge in [-0.05, 0) is 31.9 Å². The van der Waals surface area contributed by atoms with Crippen LogP contribution in [0, 0.1) is 0 Å². The molecule has 0 aromatic carbocycles. The van der Waals surface area contributed by atoms with Crippen LogP contribution in [0.3, 0.4) is 0 Å². The average molecular weight is 314 g/mol. The molecule has 2 heteroatoms. The molecule has 0 aliphatic heterocycles. The first-order valence-electron chi connectivity index (χ1n) is 9.55. The number of hydrogen-bond donors (Lipinski definition) is 1. The molecule has 0 amide bonds. The first-order chi connectivity index (χ1) is 10.3. The van der Waals surface area contributed by atoms with E-state index < -0.39 is 0 Å². The molecule has 0 aromatic heterocycles. The van der Waals surface area contributed by atoms with E-state index in [1.807, 2.05) is 0 Å². The maximum Gasteiger partial charge on any atom is 0.0281 e. The third-order valence-electron chi connectivity index (χ3n) is 5.22. The van der Waals surface area contributed by atoms with Crippen molar-refractivity contribution in [2.24, 2.45) is 0 Å². The zero-order chi connectivity index (χ0) is 15.4. The predicted molar refractivity (Wildman–Crippen MR) is 99.4 cm³/mol. The Kier molecular flexibility index (Phi) is 10.9. The molecule has 0 heterocycles. The molecule has 1 aliphatic carbocycles. The first kappa shape index (κ1) is 19.4. The van der Waals surface area contributed by atoms with Crippen molar-refractivity contribution in [2.75, 3.05) is 12.8 Å².